The molecular formula is C32H32IrNO2S-. The van der Waals surface area contributed by atoms with Gasteiger partial charge in [0, 0.05) is 36.3 Å². The van der Waals surface area contributed by atoms with Gasteiger partial charge in [-0.25, -0.2) is 0 Å². The summed E-state index contributed by atoms with van der Waals surface area (Å²) in [5, 5.41) is 12.3. The van der Waals surface area contributed by atoms with E-state index in [4.69, 9.17) is 10.1 Å². The largest absolute Gasteiger partial charge is 0.512 e. The molecule has 0 aliphatic heterocycles. The van der Waals surface area contributed by atoms with E-state index in [1.54, 1.807) is 0 Å². The number of fused-ring (bicyclic) bond motifs is 4. The molecule has 5 heteroatoms. The quantitative estimate of drug-likeness (QED) is 0.117. The standard InChI is InChI=1S/C27H24NS.C5H8O2.Ir/c1-16(2)18-10-7-11-20-21-12-8-13-22(27(21)29-26(18)20)25-15-23(17(3)4)19-9-5-6-14-24(19)28-25;1-4(6)3-5(2)7;/h5-12,14-17H,1-4H3;3,6H,1-2H3;/q-1;;/b;4-3-;. The Morgan fingerprint density at radius 2 is 1.54 bits per heavy atom. The molecule has 0 bridgehead atoms. The molecule has 0 fully saturated rings. The molecular weight excluding hydrogens is 655 g/mol. The third-order valence-corrected chi connectivity index (χ3v) is 7.44. The van der Waals surface area contributed by atoms with Gasteiger partial charge in [0.1, 0.15) is 0 Å². The van der Waals surface area contributed by atoms with E-state index in [9.17, 15) is 4.79 Å². The molecule has 0 aliphatic rings. The molecule has 3 aromatic carbocycles. The van der Waals surface area contributed by atoms with E-state index in [0.717, 1.165) is 16.8 Å². The average molecular weight is 687 g/mol. The zero-order valence-corrected chi connectivity index (χ0v) is 25.3. The SMILES string of the molecule is CC(=O)/C=C(/C)O.CC(C)c1cc(-c2[c-]ccc3c2sc2c(C(C)C)cccc23)nc2ccccc12.[Ir]. The van der Waals surface area contributed by atoms with E-state index in [0.29, 0.717) is 11.8 Å². The Bertz CT molecular complexity index is 1590. The fourth-order valence-electron chi connectivity index (χ4n) is 4.53. The molecule has 2 heterocycles. The van der Waals surface area contributed by atoms with E-state index < -0.39 is 0 Å². The number of hydrogen-bond donors (Lipinski definition) is 1. The number of aromatic nitrogens is 1. The van der Waals surface area contributed by atoms with Crippen molar-refractivity contribution >= 4 is 48.2 Å². The molecule has 0 spiro atoms. The van der Waals surface area contributed by atoms with Gasteiger partial charge in [0.15, 0.2) is 5.78 Å². The van der Waals surface area contributed by atoms with Crippen molar-refractivity contribution in [2.24, 2.45) is 0 Å². The summed E-state index contributed by atoms with van der Waals surface area (Å²) in [6, 6.07) is 25.2. The van der Waals surface area contributed by atoms with Crippen LogP contribution in [0.25, 0.3) is 42.3 Å². The number of aliphatic hydroxyl groups is 1. The third-order valence-electron chi connectivity index (χ3n) is 6.15. The predicted octanol–water partition coefficient (Wildman–Crippen LogP) is 9.35. The molecule has 193 valence electrons. The second-order valence-electron chi connectivity index (χ2n) is 9.74. The molecule has 3 nitrogen and oxygen atoms in total. The molecule has 2 aromatic heterocycles. The smallest absolute Gasteiger partial charge is 0.155 e. The summed E-state index contributed by atoms with van der Waals surface area (Å²) < 4.78 is 2.68. The molecule has 1 N–H and O–H groups in total. The van der Waals surface area contributed by atoms with Crippen LogP contribution >= 0.6 is 11.3 Å². The Balaban J connectivity index is 0.000000422. The minimum absolute atomic E-state index is 0. The van der Waals surface area contributed by atoms with Crippen LogP contribution in [-0.4, -0.2) is 15.9 Å². The molecule has 0 saturated carbocycles. The van der Waals surface area contributed by atoms with Gasteiger partial charge in [-0.3, -0.25) is 9.78 Å². The number of hydrogen-bond acceptors (Lipinski definition) is 4. The van der Waals surface area contributed by atoms with Crippen molar-refractivity contribution in [2.75, 3.05) is 0 Å². The number of rotatable bonds is 4. The number of carbonyl (C=O) groups excluding carboxylic acids is 1. The van der Waals surface area contributed by atoms with Crippen LogP contribution in [-0.2, 0) is 24.9 Å². The molecule has 0 saturated heterocycles. The van der Waals surface area contributed by atoms with Crippen molar-refractivity contribution in [3.05, 3.63) is 89.7 Å². The maximum absolute atomic E-state index is 10.0. The number of allylic oxidation sites excluding steroid dienone is 2. The fourth-order valence-corrected chi connectivity index (χ4v) is 6.00. The van der Waals surface area contributed by atoms with E-state index in [2.05, 4.69) is 94.4 Å². The van der Waals surface area contributed by atoms with Gasteiger partial charge in [0.2, 0.25) is 0 Å². The van der Waals surface area contributed by atoms with Crippen LogP contribution in [0.1, 0.15) is 64.5 Å². The number of nitrogens with zero attached hydrogens (tertiary/aromatic N) is 1. The number of aliphatic hydroxyl groups excluding tert-OH is 1. The first kappa shape index (κ1) is 28.7. The van der Waals surface area contributed by atoms with Crippen LogP contribution < -0.4 is 0 Å². The van der Waals surface area contributed by atoms with E-state index in [1.165, 1.54) is 56.6 Å². The van der Waals surface area contributed by atoms with Crippen molar-refractivity contribution in [2.45, 2.75) is 53.4 Å². The van der Waals surface area contributed by atoms with Crippen molar-refractivity contribution in [3.63, 3.8) is 0 Å². The van der Waals surface area contributed by atoms with Crippen molar-refractivity contribution in [1.29, 1.82) is 0 Å². The first-order valence-corrected chi connectivity index (χ1v) is 13.1. The molecule has 37 heavy (non-hydrogen) atoms. The second-order valence-corrected chi connectivity index (χ2v) is 10.8. The van der Waals surface area contributed by atoms with Crippen LogP contribution in [0.15, 0.2) is 72.5 Å². The summed E-state index contributed by atoms with van der Waals surface area (Å²) in [7, 11) is 0. The number of ketones is 1. The van der Waals surface area contributed by atoms with Crippen LogP contribution in [0.2, 0.25) is 0 Å². The third kappa shape index (κ3) is 6.18. The molecule has 0 unspecified atom stereocenters. The summed E-state index contributed by atoms with van der Waals surface area (Å²) in [5.74, 6) is 0.883. The van der Waals surface area contributed by atoms with Crippen LogP contribution in [0.5, 0.6) is 0 Å². The maximum atomic E-state index is 10.0. The van der Waals surface area contributed by atoms with Gasteiger partial charge in [-0.2, -0.15) is 11.3 Å². The van der Waals surface area contributed by atoms with Crippen molar-refractivity contribution < 1.29 is 30.0 Å². The predicted molar refractivity (Wildman–Crippen MR) is 154 cm³/mol. The van der Waals surface area contributed by atoms with Crippen LogP contribution in [0, 0.1) is 6.07 Å². The number of pyridine rings is 1. The summed E-state index contributed by atoms with van der Waals surface area (Å²) in [4.78, 5) is 15.1. The number of thiophene rings is 1. The molecule has 0 aliphatic carbocycles. The number of benzene rings is 3. The van der Waals surface area contributed by atoms with Gasteiger partial charge in [0.25, 0.3) is 0 Å². The molecule has 5 aromatic rings. The summed E-state index contributed by atoms with van der Waals surface area (Å²) in [6.07, 6.45) is 1.17. The Morgan fingerprint density at radius 1 is 0.892 bits per heavy atom. The van der Waals surface area contributed by atoms with Gasteiger partial charge in [-0.1, -0.05) is 75.5 Å². The average Bonchev–Trinajstić information content (AvgIpc) is 3.21. The number of carbonyl (C=O) groups is 1. The van der Waals surface area contributed by atoms with Crippen LogP contribution in [0.4, 0.5) is 0 Å². The summed E-state index contributed by atoms with van der Waals surface area (Å²) in [5.41, 5.74) is 5.97. The van der Waals surface area contributed by atoms with Gasteiger partial charge in [-0.15, -0.1) is 23.8 Å². The van der Waals surface area contributed by atoms with E-state index in [-0.39, 0.29) is 31.6 Å². The van der Waals surface area contributed by atoms with Gasteiger partial charge in [-0.05, 0) is 58.7 Å². The Morgan fingerprint density at radius 3 is 2.16 bits per heavy atom. The maximum Gasteiger partial charge on any atom is 0.155 e. The molecule has 0 amide bonds. The summed E-state index contributed by atoms with van der Waals surface area (Å²) in [6.45, 7) is 11.9. The topological polar surface area (TPSA) is 50.2 Å². The second kappa shape index (κ2) is 12.1. The molecule has 1 radical (unpaired) electrons. The first-order valence-electron chi connectivity index (χ1n) is 12.3. The van der Waals surface area contributed by atoms with Crippen LogP contribution in [0.3, 0.4) is 0 Å². The summed E-state index contributed by atoms with van der Waals surface area (Å²) >= 11 is 1.89. The van der Waals surface area contributed by atoms with Gasteiger partial charge in [0.05, 0.1) is 11.3 Å². The van der Waals surface area contributed by atoms with Gasteiger partial charge >= 0.3 is 0 Å². The number of para-hydroxylation sites is 1. The minimum Gasteiger partial charge on any atom is -0.512 e. The molecule has 0 atom stereocenters. The minimum atomic E-state index is -0.125. The monoisotopic (exact) mass is 687 g/mol. The first-order chi connectivity index (χ1) is 17.2. The Hall–Kier alpha value is -2.85. The Kier molecular flexibility index (Phi) is 9.41. The zero-order chi connectivity index (χ0) is 26.0. The van der Waals surface area contributed by atoms with E-state index >= 15 is 0 Å². The van der Waals surface area contributed by atoms with E-state index in [1.807, 2.05) is 11.3 Å². The van der Waals surface area contributed by atoms with Gasteiger partial charge < -0.3 is 5.11 Å². The Labute approximate surface area is 236 Å². The fraction of sp³-hybridized carbons (Fsp3) is 0.250. The van der Waals surface area contributed by atoms with Crippen molar-refractivity contribution in [1.82, 2.24) is 4.98 Å². The van der Waals surface area contributed by atoms with Crippen molar-refractivity contribution in [3.8, 4) is 11.3 Å². The normalized spacial score (nSPS) is 11.6. The zero-order valence-electron chi connectivity index (χ0n) is 22.0. The molecule has 5 rings (SSSR count).